The Balaban J connectivity index is 2.03. The van der Waals surface area contributed by atoms with Gasteiger partial charge in [-0.1, -0.05) is 6.92 Å². The van der Waals surface area contributed by atoms with Crippen LogP contribution in [-0.4, -0.2) is 53.5 Å². The molecule has 0 spiro atoms. The van der Waals surface area contributed by atoms with E-state index in [0.29, 0.717) is 24.3 Å². The van der Waals surface area contributed by atoms with Gasteiger partial charge < -0.3 is 15.7 Å². The number of nitrogen functional groups attached to an aromatic ring is 1. The molecule has 1 fully saturated rings. The van der Waals surface area contributed by atoms with Gasteiger partial charge in [-0.3, -0.25) is 9.69 Å². The minimum Gasteiger partial charge on any atom is -0.508 e. The molecule has 0 bridgehead atoms. The van der Waals surface area contributed by atoms with Gasteiger partial charge in [0.25, 0.3) is 5.91 Å². The zero-order valence-corrected chi connectivity index (χ0v) is 11.3. The maximum Gasteiger partial charge on any atom is 0.256 e. The number of piperazine rings is 1. The Morgan fingerprint density at radius 3 is 2.63 bits per heavy atom. The number of rotatable bonds is 3. The van der Waals surface area contributed by atoms with Crippen LogP contribution in [0.5, 0.6) is 5.75 Å². The van der Waals surface area contributed by atoms with E-state index in [2.05, 4.69) is 11.8 Å². The highest BCUT2D eigenvalue weighted by Crippen LogP contribution is 2.20. The lowest BCUT2D eigenvalue weighted by molar-refractivity contribution is 0.0638. The molecule has 1 amide bonds. The second-order valence-corrected chi connectivity index (χ2v) is 4.91. The van der Waals surface area contributed by atoms with Crippen LogP contribution in [0.15, 0.2) is 18.2 Å². The van der Waals surface area contributed by atoms with Crippen LogP contribution in [0.2, 0.25) is 0 Å². The summed E-state index contributed by atoms with van der Waals surface area (Å²) in [5.41, 5.74) is 6.61. The van der Waals surface area contributed by atoms with Crippen LogP contribution in [0.3, 0.4) is 0 Å². The lowest BCUT2D eigenvalue weighted by Gasteiger charge is -2.34. The number of carbonyl (C=O) groups excluding carboxylic acids is 1. The molecule has 104 valence electrons. The molecule has 1 heterocycles. The number of nitrogens with two attached hydrogens (primary N) is 1. The quantitative estimate of drug-likeness (QED) is 0.634. The topological polar surface area (TPSA) is 69.8 Å². The minimum atomic E-state index is -0.0930. The number of amides is 1. The summed E-state index contributed by atoms with van der Waals surface area (Å²) < 4.78 is 0. The number of phenolic OH excluding ortho intramolecular Hbond substituents is 1. The molecule has 0 aromatic heterocycles. The van der Waals surface area contributed by atoms with Crippen molar-refractivity contribution in [3.8, 4) is 5.75 Å². The molecule has 0 saturated carbocycles. The van der Waals surface area contributed by atoms with E-state index in [4.69, 9.17) is 5.73 Å². The third-order valence-corrected chi connectivity index (χ3v) is 3.47. The summed E-state index contributed by atoms with van der Waals surface area (Å²) in [6.45, 7) is 6.47. The molecule has 3 N–H and O–H groups in total. The number of anilines is 1. The number of benzene rings is 1. The van der Waals surface area contributed by atoms with Crippen molar-refractivity contribution in [2.75, 3.05) is 38.5 Å². The molecule has 0 radical (unpaired) electrons. The van der Waals surface area contributed by atoms with Crippen molar-refractivity contribution < 1.29 is 9.90 Å². The van der Waals surface area contributed by atoms with Gasteiger partial charge in [0.2, 0.25) is 0 Å². The lowest BCUT2D eigenvalue weighted by atomic mass is 10.1. The number of phenols is 1. The molecule has 0 unspecified atom stereocenters. The van der Waals surface area contributed by atoms with Crippen molar-refractivity contribution in [2.24, 2.45) is 0 Å². The lowest BCUT2D eigenvalue weighted by Crippen LogP contribution is -2.48. The Morgan fingerprint density at radius 2 is 2.00 bits per heavy atom. The molecule has 1 aromatic carbocycles. The van der Waals surface area contributed by atoms with E-state index in [9.17, 15) is 9.90 Å². The summed E-state index contributed by atoms with van der Waals surface area (Å²) in [7, 11) is 0. The predicted molar refractivity (Wildman–Crippen MR) is 75.2 cm³/mol. The highest BCUT2D eigenvalue weighted by molar-refractivity contribution is 5.99. The van der Waals surface area contributed by atoms with Gasteiger partial charge in [0.1, 0.15) is 5.75 Å². The standard InChI is InChI=1S/C14H21N3O2/c1-2-5-16-6-8-17(9-7-16)14(19)12-10-11(18)3-4-13(12)15/h3-4,10,18H,2,5-9,15H2,1H3. The third kappa shape index (κ3) is 3.17. The van der Waals surface area contributed by atoms with Crippen LogP contribution in [0.25, 0.3) is 0 Å². The van der Waals surface area contributed by atoms with Gasteiger partial charge in [0.15, 0.2) is 0 Å². The molecule has 1 saturated heterocycles. The Bertz CT molecular complexity index is 454. The van der Waals surface area contributed by atoms with Gasteiger partial charge in [-0.25, -0.2) is 0 Å². The number of hydrogen-bond donors (Lipinski definition) is 2. The fourth-order valence-electron chi connectivity index (χ4n) is 2.39. The summed E-state index contributed by atoms with van der Waals surface area (Å²) in [5.74, 6) is -0.0216. The summed E-state index contributed by atoms with van der Waals surface area (Å²) in [6.07, 6.45) is 1.13. The van der Waals surface area contributed by atoms with E-state index < -0.39 is 0 Å². The number of hydrogen-bond acceptors (Lipinski definition) is 4. The molecule has 1 aliphatic rings. The zero-order chi connectivity index (χ0) is 13.8. The molecule has 1 aromatic rings. The second-order valence-electron chi connectivity index (χ2n) is 4.91. The summed E-state index contributed by atoms with van der Waals surface area (Å²) in [6, 6.07) is 4.50. The molecule has 5 nitrogen and oxygen atoms in total. The van der Waals surface area contributed by atoms with Crippen molar-refractivity contribution in [1.82, 2.24) is 9.80 Å². The fraction of sp³-hybridized carbons (Fsp3) is 0.500. The summed E-state index contributed by atoms with van der Waals surface area (Å²) in [4.78, 5) is 16.5. The van der Waals surface area contributed by atoms with Crippen LogP contribution in [-0.2, 0) is 0 Å². The smallest absolute Gasteiger partial charge is 0.256 e. The molecule has 0 aliphatic carbocycles. The SMILES string of the molecule is CCCN1CCN(C(=O)c2cc(O)ccc2N)CC1. The van der Waals surface area contributed by atoms with Crippen LogP contribution in [0.4, 0.5) is 5.69 Å². The monoisotopic (exact) mass is 263 g/mol. The summed E-state index contributed by atoms with van der Waals surface area (Å²) in [5, 5.41) is 9.46. The minimum absolute atomic E-state index is 0.0715. The zero-order valence-electron chi connectivity index (χ0n) is 11.3. The fourth-order valence-corrected chi connectivity index (χ4v) is 2.39. The molecule has 5 heteroatoms. The van der Waals surface area contributed by atoms with E-state index in [0.717, 1.165) is 26.1 Å². The Labute approximate surface area is 113 Å². The average molecular weight is 263 g/mol. The van der Waals surface area contributed by atoms with Crippen molar-refractivity contribution >= 4 is 11.6 Å². The van der Waals surface area contributed by atoms with Crippen molar-refractivity contribution in [2.45, 2.75) is 13.3 Å². The molecule has 19 heavy (non-hydrogen) atoms. The van der Waals surface area contributed by atoms with Gasteiger partial charge in [-0.2, -0.15) is 0 Å². The van der Waals surface area contributed by atoms with Crippen LogP contribution >= 0.6 is 0 Å². The van der Waals surface area contributed by atoms with Crippen LogP contribution in [0.1, 0.15) is 23.7 Å². The molecule has 1 aliphatic heterocycles. The third-order valence-electron chi connectivity index (χ3n) is 3.47. The Hall–Kier alpha value is -1.75. The Morgan fingerprint density at radius 1 is 1.32 bits per heavy atom. The first-order valence-electron chi connectivity index (χ1n) is 6.72. The molecule has 2 rings (SSSR count). The van der Waals surface area contributed by atoms with E-state index in [-0.39, 0.29) is 11.7 Å². The first-order valence-corrected chi connectivity index (χ1v) is 6.72. The van der Waals surface area contributed by atoms with E-state index >= 15 is 0 Å². The van der Waals surface area contributed by atoms with Gasteiger partial charge in [-0.15, -0.1) is 0 Å². The van der Waals surface area contributed by atoms with Gasteiger partial charge in [0.05, 0.1) is 5.56 Å². The highest BCUT2D eigenvalue weighted by Gasteiger charge is 2.23. The Kier molecular flexibility index (Phi) is 4.27. The largest absolute Gasteiger partial charge is 0.508 e. The predicted octanol–water partition coefficient (Wildman–Crippen LogP) is 1.14. The molecule has 0 atom stereocenters. The van der Waals surface area contributed by atoms with E-state index in [1.807, 2.05) is 0 Å². The first kappa shape index (κ1) is 13.7. The average Bonchev–Trinajstić information content (AvgIpc) is 2.42. The van der Waals surface area contributed by atoms with E-state index in [1.165, 1.54) is 12.1 Å². The van der Waals surface area contributed by atoms with Crippen LogP contribution in [0, 0.1) is 0 Å². The van der Waals surface area contributed by atoms with Crippen molar-refractivity contribution in [3.63, 3.8) is 0 Å². The van der Waals surface area contributed by atoms with Crippen molar-refractivity contribution in [1.29, 1.82) is 0 Å². The first-order chi connectivity index (χ1) is 9.11. The number of aromatic hydroxyl groups is 1. The maximum absolute atomic E-state index is 12.4. The summed E-state index contributed by atoms with van der Waals surface area (Å²) >= 11 is 0. The highest BCUT2D eigenvalue weighted by atomic mass is 16.3. The number of nitrogens with zero attached hydrogens (tertiary/aromatic N) is 2. The molecular weight excluding hydrogens is 242 g/mol. The van der Waals surface area contributed by atoms with Crippen LogP contribution < -0.4 is 5.73 Å². The second kappa shape index (κ2) is 5.93. The maximum atomic E-state index is 12.4. The van der Waals surface area contributed by atoms with Crippen molar-refractivity contribution in [3.05, 3.63) is 23.8 Å². The van der Waals surface area contributed by atoms with Gasteiger partial charge in [0, 0.05) is 31.9 Å². The normalized spacial score (nSPS) is 16.6. The van der Waals surface area contributed by atoms with E-state index in [1.54, 1.807) is 11.0 Å². The number of carbonyl (C=O) groups is 1. The van der Waals surface area contributed by atoms with Gasteiger partial charge >= 0.3 is 0 Å². The molecular formula is C14H21N3O2. The van der Waals surface area contributed by atoms with Gasteiger partial charge in [-0.05, 0) is 31.2 Å².